The Kier molecular flexibility index (Phi) is 6.30. The van der Waals surface area contributed by atoms with Crippen LogP contribution >= 0.6 is 0 Å². The van der Waals surface area contributed by atoms with Crippen molar-refractivity contribution >= 4 is 11.1 Å². The predicted octanol–water partition coefficient (Wildman–Crippen LogP) is 5.24. The average molecular weight is 508 g/mol. The second kappa shape index (κ2) is 9.45. The predicted molar refractivity (Wildman–Crippen MR) is 133 cm³/mol. The molecule has 190 valence electrons. The standard InChI is InChI=1S/C27H24F3N5O2/c1-27(2,36)13-31-12-17-10-21-24(23(30)22(17)29)37-26(33-21)16-6-4-5-15(9-16)19-8-7-18(28)11-20(19)25-34-32-14-35(25)3/h4-11,14,31,36H,12-13H2,1-3H3. The molecule has 0 aliphatic carbocycles. The normalized spacial score (nSPS) is 12.0. The van der Waals surface area contributed by atoms with E-state index in [0.717, 1.165) is 5.56 Å². The molecule has 0 aliphatic heterocycles. The number of nitrogens with one attached hydrogen (secondary N) is 1. The number of fused-ring (bicyclic) bond motifs is 1. The Morgan fingerprint density at radius 3 is 2.51 bits per heavy atom. The monoisotopic (exact) mass is 507 g/mol. The zero-order chi connectivity index (χ0) is 26.3. The fraction of sp³-hybridized carbons (Fsp3) is 0.222. The van der Waals surface area contributed by atoms with Gasteiger partial charge in [-0.05, 0) is 55.3 Å². The molecular formula is C27H24F3N5O2. The molecule has 10 heteroatoms. The number of aryl methyl sites for hydroxylation is 1. The van der Waals surface area contributed by atoms with Crippen molar-refractivity contribution in [3.8, 4) is 34.0 Å². The van der Waals surface area contributed by atoms with Crippen LogP contribution in [0.1, 0.15) is 19.4 Å². The Hall–Kier alpha value is -4.02. The van der Waals surface area contributed by atoms with Gasteiger partial charge in [0.1, 0.15) is 17.7 Å². The Morgan fingerprint density at radius 1 is 1.00 bits per heavy atom. The van der Waals surface area contributed by atoms with Gasteiger partial charge in [0.2, 0.25) is 11.7 Å². The molecule has 7 nitrogen and oxygen atoms in total. The van der Waals surface area contributed by atoms with Gasteiger partial charge in [0.25, 0.3) is 0 Å². The molecule has 2 heterocycles. The molecule has 2 N–H and O–H groups in total. The summed E-state index contributed by atoms with van der Waals surface area (Å²) in [6.07, 6.45) is 1.53. The fourth-order valence-electron chi connectivity index (χ4n) is 4.11. The smallest absolute Gasteiger partial charge is 0.227 e. The summed E-state index contributed by atoms with van der Waals surface area (Å²) in [5.41, 5.74) is 1.46. The molecule has 5 rings (SSSR count). The third kappa shape index (κ3) is 4.98. The van der Waals surface area contributed by atoms with Crippen molar-refractivity contribution in [2.45, 2.75) is 26.0 Å². The van der Waals surface area contributed by atoms with Crippen LogP contribution < -0.4 is 5.32 Å². The van der Waals surface area contributed by atoms with Crippen LogP contribution in [-0.2, 0) is 13.6 Å². The number of nitrogens with zero attached hydrogens (tertiary/aromatic N) is 4. The second-order valence-corrected chi connectivity index (χ2v) is 9.48. The molecule has 0 aliphatic rings. The third-order valence-electron chi connectivity index (χ3n) is 5.87. The summed E-state index contributed by atoms with van der Waals surface area (Å²) in [6.45, 7) is 3.43. The summed E-state index contributed by atoms with van der Waals surface area (Å²) in [5, 5.41) is 20.7. The van der Waals surface area contributed by atoms with Crippen LogP contribution in [0.3, 0.4) is 0 Å². The van der Waals surface area contributed by atoms with Gasteiger partial charge in [-0.1, -0.05) is 18.2 Å². The Bertz CT molecular complexity index is 1600. The van der Waals surface area contributed by atoms with Gasteiger partial charge in [-0.2, -0.15) is 4.39 Å². The van der Waals surface area contributed by atoms with Crippen LogP contribution in [0.5, 0.6) is 0 Å². The Morgan fingerprint density at radius 2 is 1.78 bits per heavy atom. The highest BCUT2D eigenvalue weighted by molar-refractivity contribution is 5.83. The van der Waals surface area contributed by atoms with E-state index in [0.29, 0.717) is 22.5 Å². The van der Waals surface area contributed by atoms with E-state index in [4.69, 9.17) is 4.42 Å². The van der Waals surface area contributed by atoms with Gasteiger partial charge in [-0.15, -0.1) is 10.2 Å². The molecule has 0 spiro atoms. The lowest BCUT2D eigenvalue weighted by Gasteiger charge is -2.17. The molecule has 0 fully saturated rings. The molecule has 0 unspecified atom stereocenters. The van der Waals surface area contributed by atoms with Gasteiger partial charge in [0, 0.05) is 36.8 Å². The van der Waals surface area contributed by atoms with Crippen molar-refractivity contribution < 1.29 is 22.7 Å². The Labute approximate surface area is 210 Å². The van der Waals surface area contributed by atoms with E-state index in [1.54, 1.807) is 49.7 Å². The maximum absolute atomic E-state index is 14.8. The van der Waals surface area contributed by atoms with E-state index in [2.05, 4.69) is 20.5 Å². The van der Waals surface area contributed by atoms with E-state index in [-0.39, 0.29) is 35.6 Å². The molecule has 0 atom stereocenters. The van der Waals surface area contributed by atoms with Crippen molar-refractivity contribution in [1.82, 2.24) is 25.1 Å². The van der Waals surface area contributed by atoms with Crippen LogP contribution in [0.2, 0.25) is 0 Å². The van der Waals surface area contributed by atoms with Crippen LogP contribution in [-0.4, -0.2) is 37.0 Å². The molecule has 3 aromatic carbocycles. The van der Waals surface area contributed by atoms with E-state index in [1.807, 2.05) is 6.07 Å². The topological polar surface area (TPSA) is 89.0 Å². The van der Waals surface area contributed by atoms with E-state index < -0.39 is 23.1 Å². The maximum Gasteiger partial charge on any atom is 0.227 e. The van der Waals surface area contributed by atoms with Crippen LogP contribution in [0, 0.1) is 17.5 Å². The third-order valence-corrected chi connectivity index (χ3v) is 5.87. The molecule has 0 saturated carbocycles. The van der Waals surface area contributed by atoms with Crippen molar-refractivity contribution in [3.63, 3.8) is 0 Å². The molecule has 2 aromatic heterocycles. The number of aromatic nitrogens is 4. The number of hydrogen-bond donors (Lipinski definition) is 2. The lowest BCUT2D eigenvalue weighted by molar-refractivity contribution is 0.0794. The zero-order valence-electron chi connectivity index (χ0n) is 20.4. The van der Waals surface area contributed by atoms with Gasteiger partial charge >= 0.3 is 0 Å². The summed E-state index contributed by atoms with van der Waals surface area (Å²) < 4.78 is 51.0. The number of rotatable bonds is 7. The molecule has 37 heavy (non-hydrogen) atoms. The summed E-state index contributed by atoms with van der Waals surface area (Å²) in [7, 11) is 1.76. The molecule has 0 bridgehead atoms. The summed E-state index contributed by atoms with van der Waals surface area (Å²) in [5.74, 6) is -1.98. The highest BCUT2D eigenvalue weighted by Crippen LogP contribution is 2.35. The van der Waals surface area contributed by atoms with E-state index in [9.17, 15) is 18.3 Å². The first-order valence-corrected chi connectivity index (χ1v) is 11.6. The summed E-state index contributed by atoms with van der Waals surface area (Å²) >= 11 is 0. The zero-order valence-corrected chi connectivity index (χ0v) is 20.4. The van der Waals surface area contributed by atoms with Crippen LogP contribution in [0.15, 0.2) is 59.3 Å². The maximum atomic E-state index is 14.8. The van der Waals surface area contributed by atoms with Gasteiger partial charge in [0.15, 0.2) is 17.2 Å². The van der Waals surface area contributed by atoms with Crippen molar-refractivity contribution in [2.75, 3.05) is 6.54 Å². The molecular weight excluding hydrogens is 483 g/mol. The van der Waals surface area contributed by atoms with Gasteiger partial charge in [-0.25, -0.2) is 13.8 Å². The lowest BCUT2D eigenvalue weighted by atomic mass is 9.97. The number of aliphatic hydroxyl groups is 1. The fourth-order valence-corrected chi connectivity index (χ4v) is 4.11. The van der Waals surface area contributed by atoms with Crippen LogP contribution in [0.25, 0.3) is 45.1 Å². The Balaban J connectivity index is 1.53. The quantitative estimate of drug-likeness (QED) is 0.313. The van der Waals surface area contributed by atoms with Gasteiger partial charge < -0.3 is 19.4 Å². The van der Waals surface area contributed by atoms with Crippen LogP contribution in [0.4, 0.5) is 13.2 Å². The van der Waals surface area contributed by atoms with E-state index >= 15 is 0 Å². The second-order valence-electron chi connectivity index (χ2n) is 9.48. The lowest BCUT2D eigenvalue weighted by Crippen LogP contribution is -2.34. The van der Waals surface area contributed by atoms with Crippen molar-refractivity contribution in [1.29, 1.82) is 0 Å². The molecule has 0 saturated heterocycles. The van der Waals surface area contributed by atoms with Gasteiger partial charge in [0.05, 0.1) is 5.60 Å². The first-order chi connectivity index (χ1) is 17.6. The first kappa shape index (κ1) is 24.7. The number of benzene rings is 3. The van der Waals surface area contributed by atoms with Gasteiger partial charge in [-0.3, -0.25) is 0 Å². The minimum absolute atomic E-state index is 0.00968. The SMILES string of the molecule is Cn1cnnc1-c1cc(F)ccc1-c1cccc(-c2nc3cc(CNCC(C)(C)O)c(F)c(F)c3o2)c1. The van der Waals surface area contributed by atoms with E-state index in [1.165, 1.54) is 24.5 Å². The average Bonchev–Trinajstić information content (AvgIpc) is 3.48. The molecule has 0 radical (unpaired) electrons. The highest BCUT2D eigenvalue weighted by atomic mass is 19.2. The summed E-state index contributed by atoms with van der Waals surface area (Å²) in [4.78, 5) is 4.40. The minimum Gasteiger partial charge on any atom is -0.433 e. The number of halogens is 3. The highest BCUT2D eigenvalue weighted by Gasteiger charge is 2.21. The first-order valence-electron chi connectivity index (χ1n) is 11.6. The number of hydrogen-bond acceptors (Lipinski definition) is 6. The largest absolute Gasteiger partial charge is 0.433 e. The minimum atomic E-state index is -1.13. The summed E-state index contributed by atoms with van der Waals surface area (Å²) in [6, 6.07) is 12.9. The molecule has 5 aromatic rings. The van der Waals surface area contributed by atoms with Crippen molar-refractivity contribution in [3.05, 3.63) is 77.9 Å². The van der Waals surface area contributed by atoms with Crippen molar-refractivity contribution in [2.24, 2.45) is 7.05 Å². The molecule has 0 amide bonds. The number of oxazole rings is 1.